The van der Waals surface area contributed by atoms with Gasteiger partial charge < -0.3 is 25.7 Å². The first kappa shape index (κ1) is 31.2. The van der Waals surface area contributed by atoms with E-state index in [1.165, 1.54) is 0 Å². The SMILES string of the molecule is CC(CCC[C@@H](C)[C@H]1CC[C@H]2[C@@H]3[C@H](O)C[C@H]4C[C@H](O)[C@H](O)C[C@]4(C)[C@H]3C[C@H](O)[C@]12C)C(=O)NCCS(=O)(=O)O. The van der Waals surface area contributed by atoms with Crippen molar-refractivity contribution in [3.63, 3.8) is 0 Å². The summed E-state index contributed by atoms with van der Waals surface area (Å²) in [6.07, 6.45) is 4.26. The standard InChI is InChI=1S/C29H51NO8S/c1-16(6-5-7-17(2)27(35)30-10-11-39(36,37)38)19-8-9-20-26-21(14-25(34)29(19,20)4)28(3)15-24(33)22(31)12-18(28)13-23(26)32/h16-26,31-34H,5-15H2,1-4H3,(H,30,35)(H,36,37,38)/t16-,17?,18-,19-,20+,21+,22+,23-,24-,25+,26+,28+,29-/m1/s1. The molecule has 0 aliphatic heterocycles. The predicted molar refractivity (Wildman–Crippen MR) is 147 cm³/mol. The highest BCUT2D eigenvalue weighted by molar-refractivity contribution is 7.85. The van der Waals surface area contributed by atoms with Crippen LogP contribution in [-0.2, 0) is 14.9 Å². The van der Waals surface area contributed by atoms with Crippen LogP contribution in [0, 0.1) is 52.3 Å². The molecule has 0 aromatic heterocycles. The van der Waals surface area contributed by atoms with Gasteiger partial charge in [0.1, 0.15) is 0 Å². The average molecular weight is 574 g/mol. The number of amides is 1. The summed E-state index contributed by atoms with van der Waals surface area (Å²) in [4.78, 5) is 12.3. The summed E-state index contributed by atoms with van der Waals surface area (Å²) < 4.78 is 30.5. The van der Waals surface area contributed by atoms with E-state index >= 15 is 0 Å². The molecule has 4 aliphatic rings. The van der Waals surface area contributed by atoms with Crippen LogP contribution in [0.15, 0.2) is 0 Å². The van der Waals surface area contributed by atoms with Gasteiger partial charge in [0.2, 0.25) is 5.91 Å². The maximum atomic E-state index is 12.3. The normalized spacial score (nSPS) is 45.5. The fourth-order valence-corrected chi connectivity index (χ4v) is 10.1. The zero-order valence-corrected chi connectivity index (χ0v) is 24.8. The van der Waals surface area contributed by atoms with E-state index in [-0.39, 0.29) is 52.9 Å². The van der Waals surface area contributed by atoms with Crippen LogP contribution in [0.25, 0.3) is 0 Å². The highest BCUT2D eigenvalue weighted by Gasteiger charge is 2.66. The van der Waals surface area contributed by atoms with Crippen molar-refractivity contribution >= 4 is 16.0 Å². The van der Waals surface area contributed by atoms with Gasteiger partial charge in [0.05, 0.1) is 30.2 Å². The molecule has 39 heavy (non-hydrogen) atoms. The number of nitrogens with one attached hydrogen (secondary N) is 1. The Bertz CT molecular complexity index is 992. The minimum Gasteiger partial charge on any atom is -0.393 e. The van der Waals surface area contributed by atoms with Gasteiger partial charge in [-0.15, -0.1) is 0 Å². The van der Waals surface area contributed by atoms with Crippen molar-refractivity contribution in [2.24, 2.45) is 52.3 Å². The number of rotatable bonds is 9. The highest BCUT2D eigenvalue weighted by atomic mass is 32.2. The van der Waals surface area contributed by atoms with Crippen LogP contribution in [0.3, 0.4) is 0 Å². The summed E-state index contributed by atoms with van der Waals surface area (Å²) in [6.45, 7) is 8.39. The predicted octanol–water partition coefficient (Wildman–Crippen LogP) is 2.37. The van der Waals surface area contributed by atoms with Gasteiger partial charge in [0, 0.05) is 12.5 Å². The molecular weight excluding hydrogens is 522 g/mol. The van der Waals surface area contributed by atoms with Gasteiger partial charge in [-0.2, -0.15) is 8.42 Å². The molecule has 0 aromatic rings. The lowest BCUT2D eigenvalue weighted by Gasteiger charge is -2.64. The average Bonchev–Trinajstić information content (AvgIpc) is 3.19. The zero-order chi connectivity index (χ0) is 28.9. The molecule has 6 N–H and O–H groups in total. The van der Waals surface area contributed by atoms with Gasteiger partial charge in [0.25, 0.3) is 10.1 Å². The van der Waals surface area contributed by atoms with Crippen LogP contribution in [0.4, 0.5) is 0 Å². The second kappa shape index (κ2) is 11.5. The maximum absolute atomic E-state index is 12.3. The van der Waals surface area contributed by atoms with Gasteiger partial charge in [-0.05, 0) is 91.3 Å². The van der Waals surface area contributed by atoms with E-state index in [9.17, 15) is 33.6 Å². The first-order valence-electron chi connectivity index (χ1n) is 15.0. The van der Waals surface area contributed by atoms with Gasteiger partial charge in [-0.3, -0.25) is 9.35 Å². The molecule has 0 heterocycles. The summed E-state index contributed by atoms with van der Waals surface area (Å²) in [7, 11) is -4.10. The van der Waals surface area contributed by atoms with Gasteiger partial charge in [0.15, 0.2) is 0 Å². The lowest BCUT2D eigenvalue weighted by atomic mass is 9.43. The van der Waals surface area contributed by atoms with Crippen molar-refractivity contribution < 1.29 is 38.2 Å². The van der Waals surface area contributed by atoms with Crippen LogP contribution in [0.2, 0.25) is 0 Å². The molecule has 0 radical (unpaired) electrons. The Labute approximate surface area is 233 Å². The lowest BCUT2D eigenvalue weighted by molar-refractivity contribution is -0.219. The van der Waals surface area contributed by atoms with Crippen molar-refractivity contribution in [3.05, 3.63) is 0 Å². The van der Waals surface area contributed by atoms with E-state index in [1.807, 2.05) is 6.92 Å². The largest absolute Gasteiger partial charge is 0.393 e. The Morgan fingerprint density at radius 3 is 2.28 bits per heavy atom. The summed E-state index contributed by atoms with van der Waals surface area (Å²) in [6, 6.07) is 0. The molecule has 0 spiro atoms. The van der Waals surface area contributed by atoms with E-state index in [4.69, 9.17) is 4.55 Å². The molecule has 0 aromatic carbocycles. The molecule has 0 saturated heterocycles. The zero-order valence-electron chi connectivity index (χ0n) is 24.0. The Kier molecular flexibility index (Phi) is 9.17. The molecule has 9 nitrogen and oxygen atoms in total. The van der Waals surface area contributed by atoms with Crippen LogP contribution in [0.5, 0.6) is 0 Å². The van der Waals surface area contributed by atoms with Crippen LogP contribution in [-0.4, -0.2) is 76.0 Å². The van der Waals surface area contributed by atoms with E-state index < -0.39 is 40.3 Å². The van der Waals surface area contributed by atoms with E-state index in [1.54, 1.807) is 0 Å². The van der Waals surface area contributed by atoms with E-state index in [0.29, 0.717) is 43.9 Å². The van der Waals surface area contributed by atoms with Crippen molar-refractivity contribution in [1.82, 2.24) is 5.32 Å². The first-order chi connectivity index (χ1) is 18.1. The molecule has 4 rings (SSSR count). The molecule has 1 unspecified atom stereocenters. The fourth-order valence-electron chi connectivity index (χ4n) is 9.73. The Hall–Kier alpha value is -0.780. The number of aliphatic hydroxyl groups is 4. The van der Waals surface area contributed by atoms with Gasteiger partial charge in [-0.1, -0.05) is 40.5 Å². The summed E-state index contributed by atoms with van der Waals surface area (Å²) in [5.74, 6) is 0.251. The summed E-state index contributed by atoms with van der Waals surface area (Å²) in [5.41, 5.74) is -0.497. The van der Waals surface area contributed by atoms with Crippen molar-refractivity contribution in [1.29, 1.82) is 0 Å². The number of hydrogen-bond donors (Lipinski definition) is 6. The fraction of sp³-hybridized carbons (Fsp3) is 0.966. The number of aliphatic hydroxyl groups excluding tert-OH is 4. The molecule has 1 amide bonds. The quantitative estimate of drug-likeness (QED) is 0.229. The van der Waals surface area contributed by atoms with E-state index in [2.05, 4.69) is 26.1 Å². The smallest absolute Gasteiger partial charge is 0.266 e. The number of hydrogen-bond acceptors (Lipinski definition) is 7. The van der Waals surface area contributed by atoms with Gasteiger partial charge >= 0.3 is 0 Å². The third kappa shape index (κ3) is 5.93. The van der Waals surface area contributed by atoms with E-state index in [0.717, 1.165) is 25.7 Å². The molecule has 0 bridgehead atoms. The number of fused-ring (bicyclic) bond motifs is 5. The second-order valence-corrected chi connectivity index (χ2v) is 15.6. The third-order valence-electron chi connectivity index (χ3n) is 12.0. The van der Waals surface area contributed by atoms with Crippen LogP contribution < -0.4 is 5.32 Å². The summed E-state index contributed by atoms with van der Waals surface area (Å²) >= 11 is 0. The molecule has 226 valence electrons. The lowest BCUT2D eigenvalue weighted by Crippen LogP contribution is -2.63. The topological polar surface area (TPSA) is 164 Å². The number of carbonyl (C=O) groups is 1. The molecule has 4 aliphatic carbocycles. The molecule has 4 fully saturated rings. The monoisotopic (exact) mass is 573 g/mol. The van der Waals surface area contributed by atoms with Crippen LogP contribution in [0.1, 0.15) is 85.5 Å². The second-order valence-electron chi connectivity index (χ2n) is 14.1. The van der Waals surface area contributed by atoms with Crippen molar-refractivity contribution in [2.75, 3.05) is 12.3 Å². The first-order valence-corrected chi connectivity index (χ1v) is 16.7. The minimum atomic E-state index is -4.10. The van der Waals surface area contributed by atoms with Crippen molar-refractivity contribution in [3.8, 4) is 0 Å². The van der Waals surface area contributed by atoms with Crippen LogP contribution >= 0.6 is 0 Å². The summed E-state index contributed by atoms with van der Waals surface area (Å²) in [5, 5.41) is 46.6. The minimum absolute atomic E-state index is 0.0887. The molecule has 13 atom stereocenters. The number of carbonyl (C=O) groups excluding carboxylic acids is 1. The molecule has 4 saturated carbocycles. The molecular formula is C29H51NO8S. The van der Waals surface area contributed by atoms with Gasteiger partial charge in [-0.25, -0.2) is 0 Å². The highest BCUT2D eigenvalue weighted by Crippen LogP contribution is 2.68. The Balaban J connectivity index is 1.38. The Morgan fingerprint density at radius 1 is 0.949 bits per heavy atom. The molecule has 10 heteroatoms. The van der Waals surface area contributed by atoms with Crippen molar-refractivity contribution in [2.45, 2.75) is 110 Å². The Morgan fingerprint density at radius 2 is 1.62 bits per heavy atom. The third-order valence-corrected chi connectivity index (χ3v) is 12.7. The maximum Gasteiger partial charge on any atom is 0.266 e.